The Kier molecular flexibility index (Phi) is 9.99. The first-order valence-electron chi connectivity index (χ1n) is 9.95. The predicted molar refractivity (Wildman–Crippen MR) is 105 cm³/mol. The Bertz CT molecular complexity index is 401. The molecule has 0 saturated heterocycles. The Hall–Kier alpha value is -1.10. The molecule has 1 aliphatic heterocycles. The van der Waals surface area contributed by atoms with E-state index < -0.39 is 5.66 Å². The summed E-state index contributed by atoms with van der Waals surface area (Å²) < 4.78 is 0. The van der Waals surface area contributed by atoms with Crippen molar-refractivity contribution in [2.24, 2.45) is 21.6 Å². The van der Waals surface area contributed by atoms with Gasteiger partial charge in [-0.1, -0.05) is 77.6 Å². The number of hydrogen-bond acceptors (Lipinski definition) is 5. The van der Waals surface area contributed by atoms with Crippen LogP contribution in [0.1, 0.15) is 104 Å². The third-order valence-electron chi connectivity index (χ3n) is 4.57. The maximum atomic E-state index is 5.93. The van der Waals surface area contributed by atoms with E-state index in [1.807, 2.05) is 13.8 Å². The second kappa shape index (κ2) is 11.5. The number of hydrogen-bond donors (Lipinski definition) is 2. The van der Waals surface area contributed by atoms with Crippen LogP contribution in [0.3, 0.4) is 0 Å². The third kappa shape index (κ3) is 8.67. The molecule has 1 rings (SSSR count). The predicted octanol–water partition coefficient (Wildman–Crippen LogP) is 4.72. The highest BCUT2D eigenvalue weighted by Gasteiger charge is 2.25. The van der Waals surface area contributed by atoms with Gasteiger partial charge in [0.25, 0.3) is 0 Å². The van der Waals surface area contributed by atoms with E-state index in [1.54, 1.807) is 0 Å². The van der Waals surface area contributed by atoms with Crippen LogP contribution in [0.15, 0.2) is 9.98 Å². The van der Waals surface area contributed by atoms with Crippen LogP contribution in [0.5, 0.6) is 0 Å². The molecular weight excluding hydrogens is 298 g/mol. The Labute approximate surface area is 149 Å². The SMILES string of the molecule is CCCCCCCCCCCCCCC1=NC(C)(C)N=C(N)N1N. The topological polar surface area (TPSA) is 80.0 Å². The van der Waals surface area contributed by atoms with E-state index in [4.69, 9.17) is 11.6 Å². The second-order valence-corrected chi connectivity index (χ2v) is 7.50. The molecule has 24 heavy (non-hydrogen) atoms. The van der Waals surface area contributed by atoms with Crippen LogP contribution in [0, 0.1) is 0 Å². The normalized spacial score (nSPS) is 16.9. The molecule has 0 radical (unpaired) electrons. The quantitative estimate of drug-likeness (QED) is 0.377. The van der Waals surface area contributed by atoms with Gasteiger partial charge in [-0.2, -0.15) is 0 Å². The molecule has 0 unspecified atom stereocenters. The lowest BCUT2D eigenvalue weighted by molar-refractivity contribution is 0.478. The van der Waals surface area contributed by atoms with Gasteiger partial charge in [-0.15, -0.1) is 0 Å². The number of guanidine groups is 1. The van der Waals surface area contributed by atoms with Gasteiger partial charge in [-0.3, -0.25) is 0 Å². The van der Waals surface area contributed by atoms with Gasteiger partial charge in [0.05, 0.1) is 0 Å². The number of hydrazine groups is 1. The lowest BCUT2D eigenvalue weighted by Crippen LogP contribution is -2.51. The van der Waals surface area contributed by atoms with Crippen molar-refractivity contribution in [3.8, 4) is 0 Å². The van der Waals surface area contributed by atoms with Gasteiger partial charge in [0.2, 0.25) is 5.96 Å². The van der Waals surface area contributed by atoms with E-state index in [9.17, 15) is 0 Å². The van der Waals surface area contributed by atoms with Crippen LogP contribution < -0.4 is 11.6 Å². The third-order valence-corrected chi connectivity index (χ3v) is 4.57. The monoisotopic (exact) mass is 337 g/mol. The number of amidine groups is 1. The molecule has 5 heteroatoms. The fraction of sp³-hybridized carbons (Fsp3) is 0.895. The highest BCUT2D eigenvalue weighted by Crippen LogP contribution is 2.19. The summed E-state index contributed by atoms with van der Waals surface area (Å²) in [6, 6.07) is 0. The maximum Gasteiger partial charge on any atom is 0.214 e. The van der Waals surface area contributed by atoms with Crippen LogP contribution in [0.2, 0.25) is 0 Å². The van der Waals surface area contributed by atoms with Crippen molar-refractivity contribution in [1.82, 2.24) is 5.01 Å². The fourth-order valence-corrected chi connectivity index (χ4v) is 3.16. The Morgan fingerprint density at radius 3 is 1.75 bits per heavy atom. The second-order valence-electron chi connectivity index (χ2n) is 7.50. The molecule has 0 fully saturated rings. The molecule has 140 valence electrons. The molecule has 1 heterocycles. The van der Waals surface area contributed by atoms with E-state index >= 15 is 0 Å². The Morgan fingerprint density at radius 2 is 1.25 bits per heavy atom. The highest BCUT2D eigenvalue weighted by molar-refractivity contribution is 6.00. The van der Waals surface area contributed by atoms with Crippen molar-refractivity contribution in [3.63, 3.8) is 0 Å². The minimum absolute atomic E-state index is 0.365. The lowest BCUT2D eigenvalue weighted by atomic mass is 10.0. The average molecular weight is 338 g/mol. The van der Waals surface area contributed by atoms with Crippen LogP contribution in [-0.4, -0.2) is 22.5 Å². The zero-order chi connectivity index (χ0) is 17.8. The summed E-state index contributed by atoms with van der Waals surface area (Å²) in [5.41, 5.74) is 5.37. The summed E-state index contributed by atoms with van der Waals surface area (Å²) in [5.74, 6) is 7.16. The molecule has 0 amide bonds. The summed E-state index contributed by atoms with van der Waals surface area (Å²) in [4.78, 5) is 8.85. The molecule has 0 atom stereocenters. The van der Waals surface area contributed by atoms with Crippen LogP contribution >= 0.6 is 0 Å². The number of nitrogens with zero attached hydrogens (tertiary/aromatic N) is 3. The maximum absolute atomic E-state index is 5.93. The van der Waals surface area contributed by atoms with Gasteiger partial charge in [0.15, 0.2) is 5.66 Å². The number of rotatable bonds is 13. The Morgan fingerprint density at radius 1 is 0.792 bits per heavy atom. The molecule has 1 aliphatic rings. The van der Waals surface area contributed by atoms with Gasteiger partial charge >= 0.3 is 0 Å². The van der Waals surface area contributed by atoms with E-state index in [2.05, 4.69) is 16.9 Å². The van der Waals surface area contributed by atoms with Gasteiger partial charge in [0.1, 0.15) is 5.84 Å². The molecule has 0 bridgehead atoms. The zero-order valence-electron chi connectivity index (χ0n) is 16.2. The van der Waals surface area contributed by atoms with Crippen LogP contribution in [0.25, 0.3) is 0 Å². The summed E-state index contributed by atoms with van der Waals surface area (Å²) in [6.45, 7) is 6.18. The molecule has 4 N–H and O–H groups in total. The summed E-state index contributed by atoms with van der Waals surface area (Å²) in [6.07, 6.45) is 17.1. The summed E-state index contributed by atoms with van der Waals surface area (Å²) in [5, 5.41) is 1.43. The highest BCUT2D eigenvalue weighted by atomic mass is 15.5. The number of nitrogens with two attached hydrogens (primary N) is 2. The molecular formula is C19H39N5. The van der Waals surface area contributed by atoms with Crippen molar-refractivity contribution in [2.45, 2.75) is 110 Å². The van der Waals surface area contributed by atoms with E-state index in [-0.39, 0.29) is 0 Å². The number of unbranched alkanes of at least 4 members (excludes halogenated alkanes) is 11. The lowest BCUT2D eigenvalue weighted by Gasteiger charge is -2.29. The van der Waals surface area contributed by atoms with Gasteiger partial charge in [0, 0.05) is 6.42 Å². The average Bonchev–Trinajstić information content (AvgIpc) is 2.52. The molecule has 5 nitrogen and oxygen atoms in total. The minimum Gasteiger partial charge on any atom is -0.368 e. The Balaban J connectivity index is 2.00. The fourth-order valence-electron chi connectivity index (χ4n) is 3.16. The van der Waals surface area contributed by atoms with E-state index in [0.29, 0.717) is 5.96 Å². The van der Waals surface area contributed by atoms with Crippen molar-refractivity contribution in [2.75, 3.05) is 0 Å². The first-order chi connectivity index (χ1) is 11.5. The van der Waals surface area contributed by atoms with E-state index in [0.717, 1.165) is 18.7 Å². The van der Waals surface area contributed by atoms with Crippen molar-refractivity contribution >= 4 is 11.8 Å². The van der Waals surface area contributed by atoms with Gasteiger partial charge < -0.3 is 5.73 Å². The van der Waals surface area contributed by atoms with Crippen molar-refractivity contribution in [1.29, 1.82) is 0 Å². The standard InChI is InChI=1S/C19H39N5/c1-4-5-6-7-8-9-10-11-12-13-14-15-16-17-22-19(2,3)23-18(20)24(17)21/h4-16,21H2,1-3H3,(H2,20,23). The molecule has 0 spiro atoms. The molecule has 0 aromatic rings. The van der Waals surface area contributed by atoms with Crippen molar-refractivity contribution < 1.29 is 0 Å². The van der Waals surface area contributed by atoms with Crippen molar-refractivity contribution in [3.05, 3.63) is 0 Å². The zero-order valence-corrected chi connectivity index (χ0v) is 16.2. The minimum atomic E-state index is -0.480. The molecule has 0 saturated carbocycles. The first-order valence-corrected chi connectivity index (χ1v) is 9.95. The summed E-state index contributed by atoms with van der Waals surface area (Å²) in [7, 11) is 0. The van der Waals surface area contributed by atoms with Gasteiger partial charge in [-0.25, -0.2) is 20.8 Å². The largest absolute Gasteiger partial charge is 0.368 e. The smallest absolute Gasteiger partial charge is 0.214 e. The summed E-state index contributed by atoms with van der Waals surface area (Å²) >= 11 is 0. The van der Waals surface area contributed by atoms with E-state index in [1.165, 1.54) is 75.6 Å². The number of aliphatic imine (C=N–C) groups is 2. The van der Waals surface area contributed by atoms with Gasteiger partial charge in [-0.05, 0) is 20.3 Å². The first kappa shape index (κ1) is 20.9. The molecule has 0 aromatic heterocycles. The molecule has 0 aliphatic carbocycles. The van der Waals surface area contributed by atoms with Crippen LogP contribution in [-0.2, 0) is 0 Å². The van der Waals surface area contributed by atoms with Crippen LogP contribution in [0.4, 0.5) is 0 Å². The molecule has 0 aromatic carbocycles.